The Morgan fingerprint density at radius 2 is 1.80 bits per heavy atom. The van der Waals surface area contributed by atoms with Crippen LogP contribution in [0.25, 0.3) is 11.0 Å². The monoisotopic (exact) mass is 407 g/mol. The first-order valence-corrected chi connectivity index (χ1v) is 10.7. The molecule has 0 saturated carbocycles. The van der Waals surface area contributed by atoms with Crippen LogP contribution in [-0.4, -0.2) is 45.2 Å². The molecule has 0 amide bonds. The van der Waals surface area contributed by atoms with Crippen molar-refractivity contribution in [3.63, 3.8) is 0 Å². The number of nitrogens with zero attached hydrogens (tertiary/aromatic N) is 4. The van der Waals surface area contributed by atoms with Crippen molar-refractivity contribution in [1.82, 2.24) is 24.3 Å². The van der Waals surface area contributed by atoms with Crippen LogP contribution in [0.1, 0.15) is 30.4 Å². The molecule has 1 aliphatic heterocycles. The number of aromatic nitrogens is 3. The number of pyridine rings is 1. The molecule has 7 nitrogen and oxygen atoms in total. The number of hydrogen-bond donors (Lipinski definition) is 1. The zero-order valence-electron chi connectivity index (χ0n) is 17.5. The number of hydrogen-bond acceptors (Lipinski definition) is 5. The lowest BCUT2D eigenvalue weighted by Crippen LogP contribution is -2.39. The van der Waals surface area contributed by atoms with E-state index in [9.17, 15) is 9.59 Å². The molecule has 1 aromatic carbocycles. The van der Waals surface area contributed by atoms with Crippen LogP contribution in [-0.2, 0) is 20.1 Å². The Morgan fingerprint density at radius 3 is 2.57 bits per heavy atom. The third-order valence-electron chi connectivity index (χ3n) is 5.80. The summed E-state index contributed by atoms with van der Waals surface area (Å²) in [7, 11) is 1.66. The molecule has 0 radical (unpaired) electrons. The van der Waals surface area contributed by atoms with Crippen molar-refractivity contribution in [1.29, 1.82) is 0 Å². The molecule has 0 unspecified atom stereocenters. The average Bonchev–Trinajstić information content (AvgIpc) is 2.79. The van der Waals surface area contributed by atoms with Gasteiger partial charge in [0, 0.05) is 32.9 Å². The third kappa shape index (κ3) is 4.52. The average molecular weight is 408 g/mol. The van der Waals surface area contributed by atoms with E-state index in [2.05, 4.69) is 15.2 Å². The molecule has 2 aromatic heterocycles. The molecule has 1 N–H and O–H groups in total. The molecule has 3 heterocycles. The van der Waals surface area contributed by atoms with E-state index in [-0.39, 0.29) is 17.8 Å². The predicted molar refractivity (Wildman–Crippen MR) is 119 cm³/mol. The number of rotatable bonds is 7. The molecular formula is C23H29N5O2. The van der Waals surface area contributed by atoms with Crippen molar-refractivity contribution in [2.24, 2.45) is 7.05 Å². The quantitative estimate of drug-likeness (QED) is 0.604. The molecule has 1 saturated heterocycles. The molecule has 0 atom stereocenters. The van der Waals surface area contributed by atoms with Gasteiger partial charge in [-0.1, -0.05) is 36.8 Å². The zero-order chi connectivity index (χ0) is 20.9. The van der Waals surface area contributed by atoms with Crippen LogP contribution in [0.15, 0.2) is 52.2 Å². The third-order valence-corrected chi connectivity index (χ3v) is 5.80. The number of likely N-dealkylation sites (tertiary alicyclic amines) is 1. The molecular weight excluding hydrogens is 378 g/mol. The van der Waals surface area contributed by atoms with Gasteiger partial charge in [0.15, 0.2) is 0 Å². The summed E-state index contributed by atoms with van der Waals surface area (Å²) in [5.41, 5.74) is 1.64. The second-order valence-corrected chi connectivity index (χ2v) is 8.01. The van der Waals surface area contributed by atoms with E-state index in [0.717, 1.165) is 24.2 Å². The molecule has 3 aromatic rings. The van der Waals surface area contributed by atoms with Gasteiger partial charge in [-0.05, 0) is 43.1 Å². The SMILES string of the molecule is Cn1c(=O)n(Cc2ccccc2)c(=O)c2cc(CNCCN3CCCCC3)cnc21. The first kappa shape index (κ1) is 20.5. The molecule has 0 spiro atoms. The fourth-order valence-corrected chi connectivity index (χ4v) is 4.08. The normalized spacial score (nSPS) is 15.0. The van der Waals surface area contributed by atoms with E-state index in [0.29, 0.717) is 17.6 Å². The van der Waals surface area contributed by atoms with Gasteiger partial charge in [0.1, 0.15) is 5.65 Å². The fraction of sp³-hybridized carbons (Fsp3) is 0.435. The van der Waals surface area contributed by atoms with Crippen LogP contribution >= 0.6 is 0 Å². The van der Waals surface area contributed by atoms with E-state index < -0.39 is 0 Å². The summed E-state index contributed by atoms with van der Waals surface area (Å²) in [6.45, 7) is 5.23. The molecule has 4 rings (SSSR count). The van der Waals surface area contributed by atoms with Gasteiger partial charge in [0.25, 0.3) is 5.56 Å². The van der Waals surface area contributed by atoms with Crippen molar-refractivity contribution < 1.29 is 0 Å². The highest BCUT2D eigenvalue weighted by Crippen LogP contribution is 2.09. The lowest BCUT2D eigenvalue weighted by molar-refractivity contribution is 0.229. The van der Waals surface area contributed by atoms with Crippen molar-refractivity contribution in [2.75, 3.05) is 26.2 Å². The summed E-state index contributed by atoms with van der Waals surface area (Å²) < 4.78 is 2.74. The maximum Gasteiger partial charge on any atom is 0.332 e. The summed E-state index contributed by atoms with van der Waals surface area (Å²) >= 11 is 0. The van der Waals surface area contributed by atoms with E-state index in [1.54, 1.807) is 13.2 Å². The highest BCUT2D eigenvalue weighted by molar-refractivity contribution is 5.74. The lowest BCUT2D eigenvalue weighted by Gasteiger charge is -2.26. The molecule has 7 heteroatoms. The molecule has 158 valence electrons. The van der Waals surface area contributed by atoms with E-state index >= 15 is 0 Å². The van der Waals surface area contributed by atoms with Gasteiger partial charge in [-0.25, -0.2) is 9.78 Å². The number of benzene rings is 1. The topological polar surface area (TPSA) is 72.2 Å². The summed E-state index contributed by atoms with van der Waals surface area (Å²) in [4.78, 5) is 32.7. The number of nitrogens with one attached hydrogen (secondary N) is 1. The van der Waals surface area contributed by atoms with Crippen LogP contribution in [0.3, 0.4) is 0 Å². The number of aryl methyl sites for hydroxylation is 1. The molecule has 1 fully saturated rings. The molecule has 1 aliphatic rings. The summed E-state index contributed by atoms with van der Waals surface area (Å²) in [5, 5.41) is 3.93. The highest BCUT2D eigenvalue weighted by atomic mass is 16.2. The number of piperidine rings is 1. The molecule has 0 aliphatic carbocycles. The second-order valence-electron chi connectivity index (χ2n) is 8.01. The Hall–Kier alpha value is -2.77. The minimum absolute atomic E-state index is 0.251. The van der Waals surface area contributed by atoms with Gasteiger partial charge in [0.2, 0.25) is 0 Å². The highest BCUT2D eigenvalue weighted by Gasteiger charge is 2.13. The minimum Gasteiger partial charge on any atom is -0.311 e. The van der Waals surface area contributed by atoms with Gasteiger partial charge in [-0.3, -0.25) is 13.9 Å². The van der Waals surface area contributed by atoms with Crippen molar-refractivity contribution in [2.45, 2.75) is 32.4 Å². The van der Waals surface area contributed by atoms with E-state index in [4.69, 9.17) is 0 Å². The van der Waals surface area contributed by atoms with Gasteiger partial charge >= 0.3 is 5.69 Å². The minimum atomic E-state index is -0.351. The van der Waals surface area contributed by atoms with Crippen LogP contribution in [0.4, 0.5) is 0 Å². The summed E-state index contributed by atoms with van der Waals surface area (Å²) in [5.74, 6) is 0. The van der Waals surface area contributed by atoms with Crippen molar-refractivity contribution in [3.05, 3.63) is 74.6 Å². The summed E-state index contributed by atoms with van der Waals surface area (Å²) in [6, 6.07) is 11.4. The van der Waals surface area contributed by atoms with Crippen LogP contribution in [0.5, 0.6) is 0 Å². The lowest BCUT2D eigenvalue weighted by atomic mass is 10.1. The Bertz CT molecular complexity index is 1110. The van der Waals surface area contributed by atoms with Crippen LogP contribution < -0.4 is 16.6 Å². The Balaban J connectivity index is 1.52. The Kier molecular flexibility index (Phi) is 6.40. The second kappa shape index (κ2) is 9.36. The number of fused-ring (bicyclic) bond motifs is 1. The Labute approximate surface area is 176 Å². The smallest absolute Gasteiger partial charge is 0.311 e. The van der Waals surface area contributed by atoms with E-state index in [1.807, 2.05) is 36.4 Å². The van der Waals surface area contributed by atoms with Gasteiger partial charge in [0.05, 0.1) is 11.9 Å². The first-order valence-electron chi connectivity index (χ1n) is 10.7. The fourth-order valence-electron chi connectivity index (χ4n) is 4.08. The van der Waals surface area contributed by atoms with Crippen molar-refractivity contribution >= 4 is 11.0 Å². The summed E-state index contributed by atoms with van der Waals surface area (Å²) in [6.07, 6.45) is 5.68. The van der Waals surface area contributed by atoms with Gasteiger partial charge in [-0.15, -0.1) is 0 Å². The van der Waals surface area contributed by atoms with Crippen molar-refractivity contribution in [3.8, 4) is 0 Å². The predicted octanol–water partition coefficient (Wildman–Crippen LogP) is 1.72. The Morgan fingerprint density at radius 1 is 1.03 bits per heavy atom. The van der Waals surface area contributed by atoms with Gasteiger partial charge < -0.3 is 10.2 Å². The maximum atomic E-state index is 13.1. The van der Waals surface area contributed by atoms with Crippen LogP contribution in [0.2, 0.25) is 0 Å². The standard InChI is InChI=1S/C23H29N5O2/c1-26-21-20(22(29)28(23(26)30)17-18-8-4-2-5-9-18)14-19(16-25-21)15-24-10-13-27-11-6-3-7-12-27/h2,4-5,8-9,14,16,24H,3,6-7,10-13,15,17H2,1H3. The molecule has 0 bridgehead atoms. The first-order chi connectivity index (χ1) is 14.6. The zero-order valence-corrected chi connectivity index (χ0v) is 17.5. The maximum absolute atomic E-state index is 13.1. The van der Waals surface area contributed by atoms with Gasteiger partial charge in [-0.2, -0.15) is 0 Å². The van der Waals surface area contributed by atoms with Crippen LogP contribution in [0, 0.1) is 0 Å². The largest absolute Gasteiger partial charge is 0.332 e. The molecule has 30 heavy (non-hydrogen) atoms. The van der Waals surface area contributed by atoms with E-state index in [1.165, 1.54) is 41.5 Å².